The van der Waals surface area contributed by atoms with E-state index in [-0.39, 0.29) is 6.61 Å². The summed E-state index contributed by atoms with van der Waals surface area (Å²) >= 11 is 0. The maximum absolute atomic E-state index is 11.2. The second-order valence-corrected chi connectivity index (χ2v) is 7.53. The molecular weight excluding hydrogens is 380 g/mol. The number of fused-ring (bicyclic) bond motifs is 1. The molecule has 3 rings (SSSR count). The van der Waals surface area contributed by atoms with Gasteiger partial charge < -0.3 is 9.84 Å². The summed E-state index contributed by atoms with van der Waals surface area (Å²) in [5, 5.41) is 18.0. The van der Waals surface area contributed by atoms with Crippen molar-refractivity contribution in [2.45, 2.75) is 31.7 Å². The van der Waals surface area contributed by atoms with Gasteiger partial charge in [0.1, 0.15) is 5.75 Å². The molecule has 0 fully saturated rings. The van der Waals surface area contributed by atoms with E-state index in [1.54, 1.807) is 18.7 Å². The molecule has 2 aromatic rings. The van der Waals surface area contributed by atoms with Gasteiger partial charge >= 0.3 is 0 Å². The van der Waals surface area contributed by atoms with Crippen LogP contribution in [0.2, 0.25) is 0 Å². The number of carbonyl (C=O) groups excluding carboxylic acids is 1. The monoisotopic (exact) mass is 410 g/mol. The summed E-state index contributed by atoms with van der Waals surface area (Å²) < 4.78 is 5.24. The number of benzene rings is 2. The quantitative estimate of drug-likeness (QED) is 0.319. The van der Waals surface area contributed by atoms with Gasteiger partial charge in [-0.25, -0.2) is 5.48 Å². The maximum atomic E-state index is 11.2. The molecule has 1 aliphatic carbocycles. The van der Waals surface area contributed by atoms with Gasteiger partial charge in [-0.2, -0.15) is 0 Å². The lowest BCUT2D eigenvalue weighted by molar-refractivity contribution is -0.124. The van der Waals surface area contributed by atoms with E-state index in [2.05, 4.69) is 29.2 Å². The van der Waals surface area contributed by atoms with Gasteiger partial charge in [0.25, 0.3) is 5.91 Å². The lowest BCUT2D eigenvalue weighted by Crippen LogP contribution is -2.31. The summed E-state index contributed by atoms with van der Waals surface area (Å²) in [7, 11) is 1.67. The van der Waals surface area contributed by atoms with Crippen LogP contribution in [0.15, 0.2) is 48.5 Å². The standard InChI is InChI=1S/C24H30N2O4/c1-30-21-8-3-18(4-9-21)13-15-26(14-2-16-27)23-11-7-20-17-19(5-10-22(20)23)6-12-24(28)25-29/h3-6,8-10,12,17,23,27,29H,2,7,11,13-16H2,1H3,(H,25,28)/b12-6+/t23-/m1/s1. The van der Waals surface area contributed by atoms with E-state index < -0.39 is 5.91 Å². The average Bonchev–Trinajstić information content (AvgIpc) is 3.21. The molecule has 0 saturated carbocycles. The fourth-order valence-electron chi connectivity index (χ4n) is 4.07. The number of carbonyl (C=O) groups is 1. The van der Waals surface area contributed by atoms with Crippen molar-refractivity contribution >= 4 is 12.0 Å². The summed E-state index contributed by atoms with van der Waals surface area (Å²) in [5.74, 6) is 0.323. The number of aliphatic hydroxyl groups excluding tert-OH is 1. The number of nitrogens with one attached hydrogen (secondary N) is 1. The van der Waals surface area contributed by atoms with Crippen LogP contribution in [0.25, 0.3) is 6.08 Å². The number of aliphatic hydroxyl groups is 1. The Bertz CT molecular complexity index is 864. The van der Waals surface area contributed by atoms with Gasteiger partial charge in [0.15, 0.2) is 0 Å². The molecule has 0 bridgehead atoms. The van der Waals surface area contributed by atoms with Crippen molar-refractivity contribution in [1.82, 2.24) is 10.4 Å². The second kappa shape index (κ2) is 10.9. The molecule has 0 radical (unpaired) electrons. The van der Waals surface area contributed by atoms with Crippen molar-refractivity contribution in [3.8, 4) is 5.75 Å². The van der Waals surface area contributed by atoms with Crippen LogP contribution in [0.4, 0.5) is 0 Å². The van der Waals surface area contributed by atoms with E-state index in [9.17, 15) is 9.90 Å². The average molecular weight is 411 g/mol. The number of hydroxylamine groups is 1. The van der Waals surface area contributed by atoms with E-state index in [1.807, 2.05) is 18.2 Å². The zero-order valence-electron chi connectivity index (χ0n) is 17.4. The normalized spacial score (nSPS) is 15.5. The molecule has 1 amide bonds. The Morgan fingerprint density at radius 2 is 2.03 bits per heavy atom. The van der Waals surface area contributed by atoms with Crippen molar-refractivity contribution < 1.29 is 19.8 Å². The molecule has 2 aromatic carbocycles. The predicted molar refractivity (Wildman–Crippen MR) is 116 cm³/mol. The summed E-state index contributed by atoms with van der Waals surface area (Å²) in [6.07, 6.45) is 6.76. The Balaban J connectivity index is 1.70. The Morgan fingerprint density at radius 3 is 2.73 bits per heavy atom. The molecule has 0 unspecified atom stereocenters. The number of rotatable bonds is 10. The topological polar surface area (TPSA) is 82.0 Å². The van der Waals surface area contributed by atoms with Crippen LogP contribution in [0, 0.1) is 0 Å². The highest BCUT2D eigenvalue weighted by molar-refractivity contribution is 5.90. The first kappa shape index (κ1) is 22.0. The summed E-state index contributed by atoms with van der Waals surface area (Å²) in [6, 6.07) is 14.8. The Hall–Kier alpha value is -2.67. The number of nitrogens with zero attached hydrogens (tertiary/aromatic N) is 1. The van der Waals surface area contributed by atoms with Crippen LogP contribution in [-0.2, 0) is 17.6 Å². The van der Waals surface area contributed by atoms with Gasteiger partial charge in [-0.1, -0.05) is 30.3 Å². The summed E-state index contributed by atoms with van der Waals surface area (Å²) in [5.41, 5.74) is 6.44. The molecule has 6 nitrogen and oxygen atoms in total. The number of methoxy groups -OCH3 is 1. The second-order valence-electron chi connectivity index (χ2n) is 7.53. The lowest BCUT2D eigenvalue weighted by Gasteiger charge is -2.29. The SMILES string of the molecule is COc1ccc(CCN(CCCO)[C@@H]2CCc3cc(/C=C/C(=O)NO)ccc32)cc1. The van der Waals surface area contributed by atoms with Crippen LogP contribution in [-0.4, -0.2) is 47.9 Å². The smallest absolute Gasteiger partial charge is 0.267 e. The number of amides is 1. The third-order valence-corrected chi connectivity index (χ3v) is 5.64. The molecule has 160 valence electrons. The fraction of sp³-hybridized carbons (Fsp3) is 0.375. The van der Waals surface area contributed by atoms with Crippen LogP contribution in [0.1, 0.15) is 41.1 Å². The molecule has 0 aromatic heterocycles. The van der Waals surface area contributed by atoms with Gasteiger partial charge in [0, 0.05) is 31.8 Å². The summed E-state index contributed by atoms with van der Waals surface area (Å²) in [4.78, 5) is 13.7. The maximum Gasteiger partial charge on any atom is 0.267 e. The molecule has 1 aliphatic rings. The zero-order valence-corrected chi connectivity index (χ0v) is 17.4. The number of hydrogen-bond acceptors (Lipinski definition) is 5. The van der Waals surface area contributed by atoms with Gasteiger partial charge in [-0.15, -0.1) is 0 Å². The molecule has 0 heterocycles. The Kier molecular flexibility index (Phi) is 8.02. The minimum atomic E-state index is -0.540. The van der Waals surface area contributed by atoms with Gasteiger partial charge in [0.05, 0.1) is 7.11 Å². The van der Waals surface area contributed by atoms with Crippen LogP contribution in [0.3, 0.4) is 0 Å². The van der Waals surface area contributed by atoms with E-state index in [1.165, 1.54) is 22.8 Å². The fourth-order valence-corrected chi connectivity index (χ4v) is 4.07. The van der Waals surface area contributed by atoms with Crippen LogP contribution >= 0.6 is 0 Å². The highest BCUT2D eigenvalue weighted by Crippen LogP contribution is 2.36. The number of ether oxygens (including phenoxy) is 1. The molecular formula is C24H30N2O4. The van der Waals surface area contributed by atoms with Gasteiger partial charge in [-0.05, 0) is 66.1 Å². The van der Waals surface area contributed by atoms with Gasteiger partial charge in [0.2, 0.25) is 0 Å². The highest BCUT2D eigenvalue weighted by atomic mass is 16.5. The minimum absolute atomic E-state index is 0.190. The molecule has 0 saturated heterocycles. The largest absolute Gasteiger partial charge is 0.497 e. The molecule has 0 aliphatic heterocycles. The zero-order chi connectivity index (χ0) is 21.3. The molecule has 1 atom stereocenters. The number of hydrogen-bond donors (Lipinski definition) is 3. The van der Waals surface area contributed by atoms with Crippen molar-refractivity contribution in [1.29, 1.82) is 0 Å². The van der Waals surface area contributed by atoms with Crippen LogP contribution in [0.5, 0.6) is 5.75 Å². The predicted octanol–water partition coefficient (Wildman–Crippen LogP) is 3.13. The first-order valence-corrected chi connectivity index (χ1v) is 10.4. The third-order valence-electron chi connectivity index (χ3n) is 5.64. The molecule has 3 N–H and O–H groups in total. The van der Waals surface area contributed by atoms with Crippen LogP contribution < -0.4 is 10.2 Å². The van der Waals surface area contributed by atoms with Crippen molar-refractivity contribution in [2.75, 3.05) is 26.8 Å². The first-order chi connectivity index (χ1) is 14.6. The van der Waals surface area contributed by atoms with E-state index >= 15 is 0 Å². The third kappa shape index (κ3) is 5.69. The molecule has 6 heteroatoms. The van der Waals surface area contributed by atoms with E-state index in [4.69, 9.17) is 9.94 Å². The van der Waals surface area contributed by atoms with E-state index in [0.29, 0.717) is 6.04 Å². The summed E-state index contributed by atoms with van der Waals surface area (Å²) in [6.45, 7) is 1.97. The van der Waals surface area contributed by atoms with E-state index in [0.717, 1.165) is 50.1 Å². The van der Waals surface area contributed by atoms with Crippen molar-refractivity contribution in [2.24, 2.45) is 0 Å². The lowest BCUT2D eigenvalue weighted by atomic mass is 10.0. The van der Waals surface area contributed by atoms with Crippen molar-refractivity contribution in [3.05, 3.63) is 70.8 Å². The molecule has 30 heavy (non-hydrogen) atoms. The molecule has 0 spiro atoms. The van der Waals surface area contributed by atoms with Gasteiger partial charge in [-0.3, -0.25) is 14.9 Å². The number of aryl methyl sites for hydroxylation is 1. The minimum Gasteiger partial charge on any atom is -0.497 e. The Labute approximate surface area is 177 Å². The first-order valence-electron chi connectivity index (χ1n) is 10.4. The highest BCUT2D eigenvalue weighted by Gasteiger charge is 2.27. The Morgan fingerprint density at radius 1 is 1.23 bits per heavy atom. The van der Waals surface area contributed by atoms with Crippen molar-refractivity contribution in [3.63, 3.8) is 0 Å².